The Morgan fingerprint density at radius 1 is 1.28 bits per heavy atom. The van der Waals surface area contributed by atoms with Gasteiger partial charge in [0.25, 0.3) is 5.69 Å². The zero-order valence-electron chi connectivity index (χ0n) is 16.5. The van der Waals surface area contributed by atoms with Crippen LogP contribution in [0.15, 0.2) is 42.2 Å². The van der Waals surface area contributed by atoms with Crippen molar-refractivity contribution >= 4 is 5.69 Å². The van der Waals surface area contributed by atoms with Crippen LogP contribution in [0.25, 0.3) is 0 Å². The minimum atomic E-state index is -1.00. The quantitative estimate of drug-likeness (QED) is 0.476. The van der Waals surface area contributed by atoms with Crippen LogP contribution in [0.2, 0.25) is 0 Å². The first-order chi connectivity index (χ1) is 13.9. The van der Waals surface area contributed by atoms with E-state index >= 15 is 0 Å². The summed E-state index contributed by atoms with van der Waals surface area (Å²) in [4.78, 5) is 13.2. The number of nitro benzene ring substituents is 1. The van der Waals surface area contributed by atoms with E-state index in [-0.39, 0.29) is 22.6 Å². The lowest BCUT2D eigenvalue weighted by molar-refractivity contribution is -0.384. The van der Waals surface area contributed by atoms with Crippen LogP contribution in [-0.2, 0) is 4.74 Å². The van der Waals surface area contributed by atoms with Crippen molar-refractivity contribution in [3.05, 3.63) is 57.9 Å². The summed E-state index contributed by atoms with van der Waals surface area (Å²) in [6.45, 7) is 4.52. The van der Waals surface area contributed by atoms with E-state index in [1.807, 2.05) is 13.0 Å². The predicted molar refractivity (Wildman–Crippen MR) is 106 cm³/mol. The fourth-order valence-corrected chi connectivity index (χ4v) is 5.46. The van der Waals surface area contributed by atoms with E-state index in [1.54, 1.807) is 12.1 Å². The van der Waals surface area contributed by atoms with E-state index in [0.29, 0.717) is 49.6 Å². The monoisotopic (exact) mass is 398 g/mol. The number of benzene rings is 1. The van der Waals surface area contributed by atoms with Crippen LogP contribution in [0.5, 0.6) is 5.75 Å². The number of hydrogen-bond acceptors (Lipinski definition) is 6. The lowest BCUT2D eigenvalue weighted by Gasteiger charge is -2.35. The van der Waals surface area contributed by atoms with Crippen molar-refractivity contribution < 1.29 is 19.5 Å². The third kappa shape index (κ3) is 3.27. The van der Waals surface area contributed by atoms with Crippen molar-refractivity contribution in [1.82, 2.24) is 4.90 Å². The van der Waals surface area contributed by atoms with Gasteiger partial charge in [0.1, 0.15) is 11.5 Å². The second-order valence-corrected chi connectivity index (χ2v) is 8.79. The van der Waals surface area contributed by atoms with Gasteiger partial charge in [-0.15, -0.1) is 0 Å². The minimum Gasteiger partial charge on any atom is -0.460 e. The van der Waals surface area contributed by atoms with Crippen molar-refractivity contribution in [2.24, 2.45) is 17.8 Å². The van der Waals surface area contributed by atoms with Crippen molar-refractivity contribution in [2.75, 3.05) is 26.3 Å². The van der Waals surface area contributed by atoms with Crippen LogP contribution < -0.4 is 4.74 Å². The first-order valence-corrected chi connectivity index (χ1v) is 10.3. The number of nitro groups is 1. The molecule has 7 nitrogen and oxygen atoms in total. The number of fused-ring (bicyclic) bond motifs is 3. The molecule has 1 aromatic carbocycles. The Morgan fingerprint density at radius 2 is 2.07 bits per heavy atom. The van der Waals surface area contributed by atoms with Gasteiger partial charge in [-0.1, -0.05) is 12.2 Å². The molecule has 0 unspecified atom stereocenters. The average molecular weight is 398 g/mol. The number of hydrogen-bond donors (Lipinski definition) is 1. The largest absolute Gasteiger partial charge is 0.460 e. The molecule has 1 saturated heterocycles. The van der Waals surface area contributed by atoms with Gasteiger partial charge in [0.15, 0.2) is 0 Å². The van der Waals surface area contributed by atoms with Gasteiger partial charge in [-0.3, -0.25) is 15.0 Å². The van der Waals surface area contributed by atoms with Gasteiger partial charge in [-0.05, 0) is 49.7 Å². The zero-order chi connectivity index (χ0) is 20.2. The van der Waals surface area contributed by atoms with Crippen LogP contribution in [0, 0.1) is 27.9 Å². The maximum atomic E-state index is 11.4. The van der Waals surface area contributed by atoms with E-state index in [0.717, 1.165) is 18.4 Å². The summed E-state index contributed by atoms with van der Waals surface area (Å²) in [5.41, 5.74) is -0.161. The van der Waals surface area contributed by atoms with Crippen molar-refractivity contribution in [3.8, 4) is 5.75 Å². The molecule has 4 aliphatic rings. The predicted octanol–water partition coefficient (Wildman–Crippen LogP) is 3.21. The molecule has 1 N–H and O–H groups in total. The van der Waals surface area contributed by atoms with Gasteiger partial charge >= 0.3 is 0 Å². The molecule has 5 atom stereocenters. The van der Waals surface area contributed by atoms with Crippen LogP contribution in [0.3, 0.4) is 0 Å². The van der Waals surface area contributed by atoms with Crippen molar-refractivity contribution in [3.63, 3.8) is 0 Å². The number of morpholine rings is 1. The van der Waals surface area contributed by atoms with Gasteiger partial charge in [-0.2, -0.15) is 0 Å². The molecule has 1 aromatic rings. The summed E-state index contributed by atoms with van der Waals surface area (Å²) in [5, 5.41) is 22.7. The first-order valence-electron chi connectivity index (χ1n) is 10.3. The Hall–Kier alpha value is -2.22. The summed E-state index contributed by atoms with van der Waals surface area (Å²) in [5.74, 6) is 2.42. The molecule has 0 radical (unpaired) electrons. The fraction of sp³-hybridized carbons (Fsp3) is 0.545. The number of nitrogens with zero attached hydrogens (tertiary/aromatic N) is 2. The Bertz CT molecular complexity index is 887. The molecule has 2 aliphatic carbocycles. The molecule has 7 heteroatoms. The van der Waals surface area contributed by atoms with E-state index in [1.165, 1.54) is 6.07 Å². The second kappa shape index (κ2) is 6.93. The molecule has 5 rings (SSSR count). The van der Waals surface area contributed by atoms with E-state index in [9.17, 15) is 15.2 Å². The molecule has 2 aliphatic heterocycles. The topological polar surface area (TPSA) is 85.1 Å². The normalized spacial score (nSPS) is 34.2. The molecule has 2 bridgehead atoms. The van der Waals surface area contributed by atoms with Gasteiger partial charge in [0.05, 0.1) is 29.8 Å². The van der Waals surface area contributed by atoms with Crippen LogP contribution in [0.4, 0.5) is 5.69 Å². The Balaban J connectivity index is 1.51. The molecule has 1 saturated carbocycles. The van der Waals surface area contributed by atoms with Crippen LogP contribution >= 0.6 is 0 Å². The third-order valence-electron chi connectivity index (χ3n) is 6.87. The Labute approximate surface area is 169 Å². The van der Waals surface area contributed by atoms with Gasteiger partial charge in [0, 0.05) is 30.8 Å². The lowest BCUT2D eigenvalue weighted by Crippen LogP contribution is -2.40. The van der Waals surface area contributed by atoms with Crippen LogP contribution in [0.1, 0.15) is 31.4 Å². The lowest BCUT2D eigenvalue weighted by atomic mass is 9.79. The zero-order valence-corrected chi connectivity index (χ0v) is 16.5. The highest BCUT2D eigenvalue weighted by Crippen LogP contribution is 2.50. The molecular weight excluding hydrogens is 372 g/mol. The Morgan fingerprint density at radius 3 is 2.72 bits per heavy atom. The number of aliphatic hydroxyl groups is 1. The number of non-ortho nitro benzene ring substituents is 1. The number of allylic oxidation sites excluding steroid dienone is 2. The van der Waals surface area contributed by atoms with E-state index < -0.39 is 5.60 Å². The highest BCUT2D eigenvalue weighted by Gasteiger charge is 2.46. The van der Waals surface area contributed by atoms with Crippen LogP contribution in [-0.4, -0.2) is 46.8 Å². The summed E-state index contributed by atoms with van der Waals surface area (Å²) in [6.07, 6.45) is 8.46. The minimum absolute atomic E-state index is 0.0526. The summed E-state index contributed by atoms with van der Waals surface area (Å²) in [7, 11) is 0. The first kappa shape index (κ1) is 18.8. The number of ether oxygens (including phenoxy) is 2. The Kier molecular flexibility index (Phi) is 4.49. The second-order valence-electron chi connectivity index (χ2n) is 8.79. The molecule has 0 aromatic heterocycles. The standard InChI is InChI=1S/C22H26N2O5/c1-22(25,18-11-14-2-3-15(18)10-14)13-20-21(23-6-8-28-9-7-23)17-12-16(24(26)27)4-5-19(17)29-20/h2-5,12-15,18,21,25H,6-11H2,1H3/b20-13+/t14-,15-,18-,21-,22-/m0/s1. The summed E-state index contributed by atoms with van der Waals surface area (Å²) < 4.78 is 11.7. The van der Waals surface area contributed by atoms with Gasteiger partial charge in [0.2, 0.25) is 0 Å². The molecule has 29 heavy (non-hydrogen) atoms. The molecule has 154 valence electrons. The van der Waals surface area contributed by atoms with E-state index in [4.69, 9.17) is 9.47 Å². The molecular formula is C22H26N2O5. The number of rotatable bonds is 4. The molecule has 2 heterocycles. The van der Waals surface area contributed by atoms with Gasteiger partial charge < -0.3 is 14.6 Å². The SMILES string of the molecule is C[C@](O)(/C=C1/Oc2ccc([N+](=O)[O-])cc2[C@@H]1N1CCOCC1)[C@H]1C[C@H]2C=C[C@H]1C2. The highest BCUT2D eigenvalue weighted by atomic mass is 16.6. The fourth-order valence-electron chi connectivity index (χ4n) is 5.46. The van der Waals surface area contributed by atoms with Gasteiger partial charge in [-0.25, -0.2) is 0 Å². The highest BCUT2D eigenvalue weighted by molar-refractivity contribution is 5.52. The maximum absolute atomic E-state index is 11.4. The van der Waals surface area contributed by atoms with Crippen molar-refractivity contribution in [1.29, 1.82) is 0 Å². The summed E-state index contributed by atoms with van der Waals surface area (Å²) >= 11 is 0. The summed E-state index contributed by atoms with van der Waals surface area (Å²) in [6, 6.07) is 4.49. The molecule has 0 spiro atoms. The maximum Gasteiger partial charge on any atom is 0.270 e. The third-order valence-corrected chi connectivity index (χ3v) is 6.87. The molecule has 2 fully saturated rings. The van der Waals surface area contributed by atoms with Crippen molar-refractivity contribution in [2.45, 2.75) is 31.4 Å². The smallest absolute Gasteiger partial charge is 0.270 e. The molecule has 0 amide bonds. The van der Waals surface area contributed by atoms with E-state index in [2.05, 4.69) is 17.1 Å². The average Bonchev–Trinajstić information content (AvgIpc) is 3.41.